The predicted octanol–water partition coefficient (Wildman–Crippen LogP) is 7.49. The molecule has 0 aliphatic rings. The van der Waals surface area contributed by atoms with Crippen LogP contribution in [-0.4, -0.2) is 9.97 Å². The number of nitrogens with zero attached hydrogens (tertiary/aromatic N) is 2. The summed E-state index contributed by atoms with van der Waals surface area (Å²) in [5.41, 5.74) is 6.14. The van der Waals surface area contributed by atoms with Crippen LogP contribution in [0.1, 0.15) is 28.1 Å². The van der Waals surface area contributed by atoms with E-state index in [-0.39, 0.29) is 5.82 Å². The smallest absolute Gasteiger partial charge is 0.149 e. The quantitative estimate of drug-likeness (QED) is 0.260. The van der Waals surface area contributed by atoms with E-state index in [2.05, 4.69) is 47.9 Å². The lowest BCUT2D eigenvalue weighted by molar-refractivity contribution is 0.302. The average molecular weight is 555 g/mol. The summed E-state index contributed by atoms with van der Waals surface area (Å²) in [5, 5.41) is 9.74. The summed E-state index contributed by atoms with van der Waals surface area (Å²) in [6, 6.07) is 16.2. The van der Waals surface area contributed by atoms with E-state index in [1.807, 2.05) is 38.1 Å². The van der Waals surface area contributed by atoms with Crippen LogP contribution in [0, 0.1) is 31.0 Å². The molecule has 0 unspecified atom stereocenters. The van der Waals surface area contributed by atoms with Gasteiger partial charge in [-0.1, -0.05) is 12.1 Å². The molecule has 0 saturated carbocycles. The molecule has 0 atom stereocenters. The molecule has 0 aliphatic carbocycles. The molecule has 0 saturated heterocycles. The fourth-order valence-electron chi connectivity index (χ4n) is 3.25. The van der Waals surface area contributed by atoms with Gasteiger partial charge in [-0.15, -0.1) is 0 Å². The highest BCUT2D eigenvalue weighted by Crippen LogP contribution is 2.36. The number of benzene rings is 3. The van der Waals surface area contributed by atoms with Gasteiger partial charge in [0.05, 0.1) is 25.6 Å². The number of ether oxygens (including phenoxy) is 1. The van der Waals surface area contributed by atoms with Crippen LogP contribution in [0.25, 0.3) is 22.7 Å². The second kappa shape index (κ2) is 9.27. The van der Waals surface area contributed by atoms with Crippen molar-refractivity contribution in [2.24, 2.45) is 0 Å². The highest BCUT2D eigenvalue weighted by atomic mass is 79.9. The van der Waals surface area contributed by atoms with Crippen LogP contribution in [0.5, 0.6) is 5.75 Å². The molecule has 4 nitrogen and oxygen atoms in total. The lowest BCUT2D eigenvalue weighted by atomic mass is 10.1. The summed E-state index contributed by atoms with van der Waals surface area (Å²) in [4.78, 5) is 7.83. The minimum absolute atomic E-state index is 0.282. The summed E-state index contributed by atoms with van der Waals surface area (Å²) in [6.07, 6.45) is 1.77. The van der Waals surface area contributed by atoms with Crippen molar-refractivity contribution >= 4 is 54.5 Å². The Kier molecular flexibility index (Phi) is 6.45. The minimum atomic E-state index is -0.282. The Morgan fingerprint density at radius 2 is 1.75 bits per heavy atom. The van der Waals surface area contributed by atoms with Crippen LogP contribution in [0.2, 0.25) is 0 Å². The first-order valence-electron chi connectivity index (χ1n) is 9.79. The lowest BCUT2D eigenvalue weighted by Crippen LogP contribution is -1.97. The maximum Gasteiger partial charge on any atom is 0.149 e. The summed E-state index contributed by atoms with van der Waals surface area (Å²) < 4.78 is 20.4. The molecule has 0 radical (unpaired) electrons. The number of halogens is 3. The van der Waals surface area contributed by atoms with Crippen LogP contribution in [0.15, 0.2) is 57.5 Å². The number of allylic oxidation sites excluding steroid dienone is 1. The molecule has 7 heteroatoms. The first-order chi connectivity index (χ1) is 15.3. The van der Waals surface area contributed by atoms with Crippen molar-refractivity contribution in [3.63, 3.8) is 0 Å². The zero-order chi connectivity index (χ0) is 22.8. The zero-order valence-corrected chi connectivity index (χ0v) is 20.5. The van der Waals surface area contributed by atoms with Crippen LogP contribution in [0.4, 0.5) is 4.39 Å². The Balaban J connectivity index is 1.61. The van der Waals surface area contributed by atoms with E-state index in [4.69, 9.17) is 4.74 Å². The number of rotatable bonds is 5. The van der Waals surface area contributed by atoms with E-state index in [1.165, 1.54) is 17.7 Å². The molecule has 1 heterocycles. The second-order valence-electron chi connectivity index (χ2n) is 7.44. The first kappa shape index (κ1) is 22.3. The third-order valence-electron chi connectivity index (χ3n) is 5.10. The molecule has 4 aromatic rings. The summed E-state index contributed by atoms with van der Waals surface area (Å²) >= 11 is 7.09. The van der Waals surface area contributed by atoms with E-state index in [9.17, 15) is 9.65 Å². The third-order valence-corrected chi connectivity index (χ3v) is 6.28. The van der Waals surface area contributed by atoms with Gasteiger partial charge in [0.2, 0.25) is 0 Å². The highest BCUT2D eigenvalue weighted by Gasteiger charge is 2.12. The number of aryl methyl sites for hydroxylation is 2. The fourth-order valence-corrected chi connectivity index (χ4v) is 4.70. The number of nitriles is 1. The summed E-state index contributed by atoms with van der Waals surface area (Å²) in [7, 11) is 0. The van der Waals surface area contributed by atoms with Gasteiger partial charge in [0.1, 0.15) is 30.1 Å². The Hall–Kier alpha value is -2.95. The van der Waals surface area contributed by atoms with Gasteiger partial charge in [-0.05, 0) is 110 Å². The van der Waals surface area contributed by atoms with Gasteiger partial charge < -0.3 is 9.72 Å². The average Bonchev–Trinajstić information content (AvgIpc) is 3.15. The standard InChI is InChI=1S/C25H18Br2FN3O/c1-14-7-22-23(8-15(14)2)31-25(30-22)18(12-29)9-17-10-20(26)24(21(27)11-17)32-13-16-3-5-19(28)6-4-16/h3-11H,13H2,1-2H3,(H,30,31)/b18-9+. The molecule has 3 aromatic carbocycles. The maximum absolute atomic E-state index is 13.1. The Bertz CT molecular complexity index is 1320. The molecular formula is C25H18Br2FN3O. The molecular weight excluding hydrogens is 537 g/mol. The molecule has 0 bridgehead atoms. The SMILES string of the molecule is Cc1cc2nc(/C(C#N)=C/c3cc(Br)c(OCc4ccc(F)cc4)c(Br)c3)[nH]c2cc1C. The summed E-state index contributed by atoms with van der Waals surface area (Å²) in [6.45, 7) is 4.39. The Morgan fingerprint density at radius 3 is 2.41 bits per heavy atom. The zero-order valence-electron chi connectivity index (χ0n) is 17.3. The lowest BCUT2D eigenvalue weighted by Gasteiger charge is -2.11. The van der Waals surface area contributed by atoms with Gasteiger partial charge in [-0.25, -0.2) is 9.37 Å². The van der Waals surface area contributed by atoms with E-state index in [0.717, 1.165) is 36.7 Å². The monoisotopic (exact) mass is 553 g/mol. The van der Waals surface area contributed by atoms with E-state index < -0.39 is 0 Å². The molecule has 0 amide bonds. The third kappa shape index (κ3) is 4.77. The van der Waals surface area contributed by atoms with Crippen molar-refractivity contribution in [3.05, 3.63) is 91.4 Å². The number of nitrogens with one attached hydrogen (secondary N) is 1. The van der Waals surface area contributed by atoms with E-state index >= 15 is 0 Å². The predicted molar refractivity (Wildman–Crippen MR) is 132 cm³/mol. The topological polar surface area (TPSA) is 61.7 Å². The molecule has 32 heavy (non-hydrogen) atoms. The number of fused-ring (bicyclic) bond motifs is 1. The van der Waals surface area contributed by atoms with Gasteiger partial charge in [0, 0.05) is 0 Å². The van der Waals surface area contributed by atoms with Crippen molar-refractivity contribution in [1.82, 2.24) is 9.97 Å². The van der Waals surface area contributed by atoms with Gasteiger partial charge in [-0.3, -0.25) is 0 Å². The van der Waals surface area contributed by atoms with Crippen LogP contribution < -0.4 is 4.74 Å². The number of hydrogen-bond donors (Lipinski definition) is 1. The molecule has 0 fully saturated rings. The number of aromatic nitrogens is 2. The van der Waals surface area contributed by atoms with Gasteiger partial charge in [-0.2, -0.15) is 5.26 Å². The Morgan fingerprint density at radius 1 is 1.09 bits per heavy atom. The second-order valence-corrected chi connectivity index (χ2v) is 9.15. The highest BCUT2D eigenvalue weighted by molar-refractivity contribution is 9.11. The van der Waals surface area contributed by atoms with Gasteiger partial charge >= 0.3 is 0 Å². The van der Waals surface area contributed by atoms with Crippen molar-refractivity contribution in [1.29, 1.82) is 5.26 Å². The largest absolute Gasteiger partial charge is 0.487 e. The number of imidazole rings is 1. The molecule has 160 valence electrons. The van der Waals surface area contributed by atoms with Crippen molar-refractivity contribution < 1.29 is 9.13 Å². The first-order valence-corrected chi connectivity index (χ1v) is 11.4. The van der Waals surface area contributed by atoms with E-state index in [0.29, 0.717) is 23.8 Å². The maximum atomic E-state index is 13.1. The van der Waals surface area contributed by atoms with E-state index in [1.54, 1.807) is 18.2 Å². The van der Waals surface area contributed by atoms with Gasteiger partial charge in [0.25, 0.3) is 0 Å². The minimum Gasteiger partial charge on any atom is -0.487 e. The summed E-state index contributed by atoms with van der Waals surface area (Å²) in [5.74, 6) is 0.867. The fraction of sp³-hybridized carbons (Fsp3) is 0.120. The number of aromatic amines is 1. The Labute approximate surface area is 202 Å². The molecule has 0 spiro atoms. The molecule has 1 N–H and O–H groups in total. The number of hydrogen-bond acceptors (Lipinski definition) is 3. The van der Waals surface area contributed by atoms with Crippen molar-refractivity contribution in [2.45, 2.75) is 20.5 Å². The van der Waals surface area contributed by atoms with Crippen molar-refractivity contribution in [3.8, 4) is 11.8 Å². The van der Waals surface area contributed by atoms with Gasteiger partial charge in [0.15, 0.2) is 0 Å². The number of H-pyrrole nitrogens is 1. The molecule has 1 aromatic heterocycles. The van der Waals surface area contributed by atoms with Crippen LogP contribution in [-0.2, 0) is 6.61 Å². The van der Waals surface area contributed by atoms with Crippen LogP contribution >= 0.6 is 31.9 Å². The van der Waals surface area contributed by atoms with Crippen molar-refractivity contribution in [2.75, 3.05) is 0 Å². The molecule has 0 aliphatic heterocycles. The normalized spacial score (nSPS) is 11.6. The molecule has 4 rings (SSSR count). The van der Waals surface area contributed by atoms with Crippen LogP contribution in [0.3, 0.4) is 0 Å².